The van der Waals surface area contributed by atoms with Crippen molar-refractivity contribution in [3.05, 3.63) is 64.7 Å². The Kier molecular flexibility index (Phi) is 4.46. The molecule has 1 saturated heterocycles. The Balaban J connectivity index is 1.68. The molecule has 0 bridgehead atoms. The van der Waals surface area contributed by atoms with Crippen LogP contribution in [0.4, 0.5) is 5.69 Å². The normalized spacial score (nSPS) is 17.8. The summed E-state index contributed by atoms with van der Waals surface area (Å²) in [6.07, 6.45) is 0.181. The molecule has 1 aliphatic heterocycles. The molecule has 0 spiro atoms. The standard InChI is InChI=1S/C18H17ClN2O2/c1-12-2-8-15(9-3-12)21-17(22)10-16(18(21)23)20-11-13-4-6-14(19)7-5-13/h2-9,16,20H,10-11H2,1H3/t16-/m0/s1. The van der Waals surface area contributed by atoms with Gasteiger partial charge in [-0.1, -0.05) is 41.4 Å². The number of hydrogen-bond acceptors (Lipinski definition) is 3. The number of rotatable bonds is 4. The molecule has 1 heterocycles. The topological polar surface area (TPSA) is 49.4 Å². The second kappa shape index (κ2) is 6.52. The van der Waals surface area contributed by atoms with Gasteiger partial charge in [0.25, 0.3) is 5.91 Å². The minimum Gasteiger partial charge on any atom is -0.301 e. The van der Waals surface area contributed by atoms with Gasteiger partial charge in [0.1, 0.15) is 0 Å². The van der Waals surface area contributed by atoms with E-state index >= 15 is 0 Å². The summed E-state index contributed by atoms with van der Waals surface area (Å²) in [6, 6.07) is 14.3. The van der Waals surface area contributed by atoms with E-state index in [1.807, 2.05) is 31.2 Å². The highest BCUT2D eigenvalue weighted by molar-refractivity contribution is 6.30. The molecule has 5 heteroatoms. The quantitative estimate of drug-likeness (QED) is 0.877. The Morgan fingerprint density at radius 1 is 1.09 bits per heavy atom. The third kappa shape index (κ3) is 3.44. The molecule has 0 saturated carbocycles. The number of benzene rings is 2. The Bertz CT molecular complexity index is 726. The average Bonchev–Trinajstić information content (AvgIpc) is 2.82. The summed E-state index contributed by atoms with van der Waals surface area (Å²) in [6.45, 7) is 2.48. The van der Waals surface area contributed by atoms with Crippen molar-refractivity contribution in [2.45, 2.75) is 25.9 Å². The molecule has 1 atom stereocenters. The molecule has 0 unspecified atom stereocenters. The van der Waals surface area contributed by atoms with Gasteiger partial charge in [-0.2, -0.15) is 0 Å². The zero-order valence-electron chi connectivity index (χ0n) is 12.8. The van der Waals surface area contributed by atoms with Crippen molar-refractivity contribution in [1.29, 1.82) is 0 Å². The number of halogens is 1. The van der Waals surface area contributed by atoms with Crippen molar-refractivity contribution in [2.75, 3.05) is 4.90 Å². The lowest BCUT2D eigenvalue weighted by atomic mass is 10.2. The fraction of sp³-hybridized carbons (Fsp3) is 0.222. The first-order valence-corrected chi connectivity index (χ1v) is 7.84. The van der Waals surface area contributed by atoms with Crippen molar-refractivity contribution in [1.82, 2.24) is 5.32 Å². The minimum absolute atomic E-state index is 0.174. The molecule has 1 N–H and O–H groups in total. The number of nitrogens with zero attached hydrogens (tertiary/aromatic N) is 1. The highest BCUT2D eigenvalue weighted by Crippen LogP contribution is 2.23. The van der Waals surface area contributed by atoms with Crippen molar-refractivity contribution in [3.63, 3.8) is 0 Å². The molecule has 4 nitrogen and oxygen atoms in total. The second-order valence-electron chi connectivity index (χ2n) is 5.67. The van der Waals surface area contributed by atoms with E-state index in [0.29, 0.717) is 17.3 Å². The molecule has 0 aliphatic carbocycles. The van der Waals surface area contributed by atoms with E-state index in [9.17, 15) is 9.59 Å². The lowest BCUT2D eigenvalue weighted by molar-refractivity contribution is -0.121. The third-order valence-electron chi connectivity index (χ3n) is 3.90. The van der Waals surface area contributed by atoms with Crippen LogP contribution in [0.5, 0.6) is 0 Å². The third-order valence-corrected chi connectivity index (χ3v) is 4.16. The van der Waals surface area contributed by atoms with Crippen LogP contribution in [0.25, 0.3) is 0 Å². The monoisotopic (exact) mass is 328 g/mol. The Labute approximate surface area is 140 Å². The summed E-state index contributed by atoms with van der Waals surface area (Å²) >= 11 is 5.85. The van der Waals surface area contributed by atoms with Gasteiger partial charge in [0, 0.05) is 11.6 Å². The average molecular weight is 329 g/mol. The number of hydrogen-bond donors (Lipinski definition) is 1. The fourth-order valence-corrected chi connectivity index (χ4v) is 2.73. The van der Waals surface area contributed by atoms with Gasteiger partial charge < -0.3 is 5.32 Å². The molecule has 0 radical (unpaired) electrons. The van der Waals surface area contributed by atoms with Gasteiger partial charge >= 0.3 is 0 Å². The minimum atomic E-state index is -0.487. The zero-order valence-corrected chi connectivity index (χ0v) is 13.5. The molecular weight excluding hydrogens is 312 g/mol. The predicted octanol–water partition coefficient (Wildman–Crippen LogP) is 3.07. The van der Waals surface area contributed by atoms with E-state index in [0.717, 1.165) is 11.1 Å². The molecule has 2 aromatic carbocycles. The first-order valence-electron chi connectivity index (χ1n) is 7.46. The van der Waals surface area contributed by atoms with Crippen molar-refractivity contribution in [2.24, 2.45) is 0 Å². The number of carbonyl (C=O) groups is 2. The second-order valence-corrected chi connectivity index (χ2v) is 6.10. The molecule has 0 aromatic heterocycles. The van der Waals surface area contributed by atoms with Crippen LogP contribution in [0.3, 0.4) is 0 Å². The van der Waals surface area contributed by atoms with Crippen molar-refractivity contribution >= 4 is 29.1 Å². The Morgan fingerprint density at radius 3 is 2.39 bits per heavy atom. The molecule has 118 valence electrons. The number of imide groups is 1. The summed E-state index contributed by atoms with van der Waals surface area (Å²) < 4.78 is 0. The maximum absolute atomic E-state index is 12.5. The van der Waals surface area contributed by atoms with Crippen LogP contribution in [0.1, 0.15) is 17.5 Å². The van der Waals surface area contributed by atoms with E-state index in [1.54, 1.807) is 24.3 Å². The van der Waals surface area contributed by atoms with Gasteiger partial charge in [0.15, 0.2) is 0 Å². The maximum atomic E-state index is 12.5. The lowest BCUT2D eigenvalue weighted by Gasteiger charge is -2.16. The first kappa shape index (κ1) is 15.7. The molecule has 1 fully saturated rings. The van der Waals surface area contributed by atoms with Crippen LogP contribution < -0.4 is 10.2 Å². The summed E-state index contributed by atoms with van der Waals surface area (Å²) in [5, 5.41) is 3.83. The van der Waals surface area contributed by atoms with Gasteiger partial charge in [-0.25, -0.2) is 4.90 Å². The maximum Gasteiger partial charge on any atom is 0.251 e. The Morgan fingerprint density at radius 2 is 1.74 bits per heavy atom. The molecular formula is C18H17ClN2O2. The molecule has 3 rings (SSSR count). The molecule has 1 aliphatic rings. The van der Waals surface area contributed by atoms with Gasteiger partial charge in [-0.15, -0.1) is 0 Å². The van der Waals surface area contributed by atoms with E-state index < -0.39 is 6.04 Å². The lowest BCUT2D eigenvalue weighted by Crippen LogP contribution is -2.38. The largest absolute Gasteiger partial charge is 0.301 e. The van der Waals surface area contributed by atoms with Gasteiger partial charge in [0.05, 0.1) is 18.2 Å². The first-order chi connectivity index (χ1) is 11.0. The summed E-state index contributed by atoms with van der Waals surface area (Å²) in [5.41, 5.74) is 2.73. The van der Waals surface area contributed by atoms with Gasteiger partial charge in [-0.3, -0.25) is 9.59 Å². The zero-order chi connectivity index (χ0) is 16.4. The Hall–Kier alpha value is -2.17. The molecule has 2 amide bonds. The van der Waals surface area contributed by atoms with E-state index in [2.05, 4.69) is 5.32 Å². The summed E-state index contributed by atoms with van der Waals surface area (Å²) in [4.78, 5) is 25.9. The molecule has 23 heavy (non-hydrogen) atoms. The number of nitrogens with one attached hydrogen (secondary N) is 1. The van der Waals surface area contributed by atoms with Crippen LogP contribution in [-0.4, -0.2) is 17.9 Å². The number of amides is 2. The number of carbonyl (C=O) groups excluding carboxylic acids is 2. The van der Waals surface area contributed by atoms with Crippen LogP contribution in [0, 0.1) is 6.92 Å². The van der Waals surface area contributed by atoms with E-state index in [4.69, 9.17) is 11.6 Å². The number of aryl methyl sites for hydroxylation is 1. The number of anilines is 1. The van der Waals surface area contributed by atoms with Gasteiger partial charge in [0.2, 0.25) is 5.91 Å². The highest BCUT2D eigenvalue weighted by Gasteiger charge is 2.39. The van der Waals surface area contributed by atoms with Crippen LogP contribution in [0.2, 0.25) is 5.02 Å². The van der Waals surface area contributed by atoms with Crippen LogP contribution in [0.15, 0.2) is 48.5 Å². The predicted molar refractivity (Wildman–Crippen MR) is 90.4 cm³/mol. The van der Waals surface area contributed by atoms with Crippen molar-refractivity contribution < 1.29 is 9.59 Å². The SMILES string of the molecule is Cc1ccc(N2C(=O)C[C@H](NCc3ccc(Cl)cc3)C2=O)cc1. The van der Waals surface area contributed by atoms with E-state index in [1.165, 1.54) is 4.90 Å². The van der Waals surface area contributed by atoms with E-state index in [-0.39, 0.29) is 18.2 Å². The van der Waals surface area contributed by atoms with Crippen LogP contribution in [-0.2, 0) is 16.1 Å². The highest BCUT2D eigenvalue weighted by atomic mass is 35.5. The summed E-state index contributed by atoms with van der Waals surface area (Å²) in [5.74, 6) is -0.375. The van der Waals surface area contributed by atoms with Crippen molar-refractivity contribution in [3.8, 4) is 0 Å². The fourth-order valence-electron chi connectivity index (χ4n) is 2.60. The van der Waals surface area contributed by atoms with Crippen LogP contribution >= 0.6 is 11.6 Å². The summed E-state index contributed by atoms with van der Waals surface area (Å²) in [7, 11) is 0. The van der Waals surface area contributed by atoms with Gasteiger partial charge in [-0.05, 0) is 36.8 Å². The smallest absolute Gasteiger partial charge is 0.251 e. The molecule has 2 aromatic rings.